The van der Waals surface area contributed by atoms with E-state index < -0.39 is 7.82 Å². The van der Waals surface area contributed by atoms with Crippen molar-refractivity contribution in [3.63, 3.8) is 0 Å². The van der Waals surface area contributed by atoms with Gasteiger partial charge in [-0.3, -0.25) is 0 Å². The minimum Gasteiger partial charge on any atom is -0.340 e. The minimum absolute atomic E-state index is 0. The Morgan fingerprint density at radius 2 is 1.34 bits per heavy atom. The molecule has 170 valence electrons. The fourth-order valence-corrected chi connectivity index (χ4v) is 2.57. The van der Waals surface area contributed by atoms with Crippen molar-refractivity contribution in [1.82, 2.24) is 0 Å². The van der Waals surface area contributed by atoms with Gasteiger partial charge in [-0.05, 0) is 0 Å². The standard InChI is InChI=1S/C15H23.C8H17.Nd.H3O4P/c1-2-3-4-5-6-7-9-12-15-13-10-8-11-14-15;1-4-6-7-8(3)5-2;;1-5(2,3)4/h10-11,13-14H,2-7,9,12H2,1H3;8H,3-7H2,1-2H3;;(H3,1,2,3,4)/q2*-1;;. The van der Waals surface area contributed by atoms with Gasteiger partial charge in [0.25, 0.3) is 0 Å². The van der Waals surface area contributed by atoms with Gasteiger partial charge in [-0.1, -0.05) is 97.8 Å². The Labute approximate surface area is 213 Å². The Kier molecular flexibility index (Phi) is 29.5. The van der Waals surface area contributed by atoms with Gasteiger partial charge < -0.3 is 21.6 Å². The van der Waals surface area contributed by atoms with Gasteiger partial charge in [0.2, 0.25) is 0 Å². The van der Waals surface area contributed by atoms with Crippen LogP contribution in [-0.4, -0.2) is 14.7 Å². The van der Waals surface area contributed by atoms with Crippen LogP contribution in [-0.2, 0) is 11.0 Å². The van der Waals surface area contributed by atoms with Crippen LogP contribution < -0.4 is 0 Å². The van der Waals surface area contributed by atoms with Gasteiger partial charge in [-0.25, -0.2) is 4.57 Å². The quantitative estimate of drug-likeness (QED) is 0.148. The molecule has 0 aliphatic heterocycles. The molecule has 1 aromatic rings. The molecule has 0 saturated heterocycles. The molecule has 3 N–H and O–H groups in total. The Morgan fingerprint density at radius 3 is 1.79 bits per heavy atom. The molecule has 0 amide bonds. The number of aryl methyl sites for hydroxylation is 1. The van der Waals surface area contributed by atoms with Crippen molar-refractivity contribution in [3.05, 3.63) is 42.8 Å². The molecule has 0 radical (unpaired) electrons. The molecule has 0 aliphatic carbocycles. The Hall–Kier alpha value is 0.681. The second-order valence-corrected chi connectivity index (χ2v) is 8.24. The molecule has 0 fully saturated rings. The van der Waals surface area contributed by atoms with E-state index in [1.54, 1.807) is 0 Å². The molecule has 1 unspecified atom stereocenters. The number of benzene rings is 1. The number of rotatable bonds is 12. The van der Waals surface area contributed by atoms with Crippen LogP contribution in [0.1, 0.15) is 97.0 Å². The summed E-state index contributed by atoms with van der Waals surface area (Å²) in [6, 6.07) is 11.4. The van der Waals surface area contributed by atoms with Crippen molar-refractivity contribution in [2.24, 2.45) is 5.92 Å². The predicted octanol–water partition coefficient (Wildman–Crippen LogP) is 6.89. The van der Waals surface area contributed by atoms with Crippen LogP contribution in [0.5, 0.6) is 0 Å². The van der Waals surface area contributed by atoms with E-state index in [0.29, 0.717) is 5.92 Å². The summed E-state index contributed by atoms with van der Waals surface area (Å²) in [6.45, 7) is 10.7. The van der Waals surface area contributed by atoms with Crippen molar-refractivity contribution in [1.29, 1.82) is 0 Å². The van der Waals surface area contributed by atoms with Gasteiger partial charge in [0.1, 0.15) is 0 Å². The fourth-order valence-electron chi connectivity index (χ4n) is 2.57. The molecule has 0 aromatic heterocycles. The molecule has 0 heterocycles. The normalized spacial score (nSPS) is 11.3. The van der Waals surface area contributed by atoms with E-state index in [2.05, 4.69) is 45.9 Å². The summed E-state index contributed by atoms with van der Waals surface area (Å²) in [6.07, 6.45) is 16.2. The average molecular weight is 559 g/mol. The first-order chi connectivity index (χ1) is 13.2. The van der Waals surface area contributed by atoms with E-state index in [4.69, 9.17) is 19.2 Å². The third kappa shape index (κ3) is 36.4. The van der Waals surface area contributed by atoms with Crippen molar-refractivity contribution >= 4 is 7.82 Å². The second-order valence-electron chi connectivity index (χ2n) is 7.21. The number of hydrogen-bond acceptors (Lipinski definition) is 1. The van der Waals surface area contributed by atoms with Crippen molar-refractivity contribution < 1.29 is 60.1 Å². The SMILES string of the molecule is CCCCCCCCCc1cc[c-]cc1.O=P(O)(O)O.[CH2-]C(CC)CCCC.[Nd]. The topological polar surface area (TPSA) is 77.8 Å². The van der Waals surface area contributed by atoms with Crippen LogP contribution in [0.4, 0.5) is 0 Å². The number of unbranched alkanes of at least 4 members (excludes halogenated alkanes) is 7. The van der Waals surface area contributed by atoms with E-state index in [1.165, 1.54) is 82.6 Å². The first-order valence-corrected chi connectivity index (χ1v) is 12.4. The zero-order valence-electron chi connectivity index (χ0n) is 18.8. The maximum absolute atomic E-state index is 8.88. The molecule has 0 saturated carbocycles. The third-order valence-electron chi connectivity index (χ3n) is 4.40. The molecule has 1 rings (SSSR count). The summed E-state index contributed by atoms with van der Waals surface area (Å²) in [5.74, 6) is 0.704. The number of phosphoric acid groups is 1. The summed E-state index contributed by atoms with van der Waals surface area (Å²) in [5.41, 5.74) is 1.46. The molecule has 1 aromatic carbocycles. The van der Waals surface area contributed by atoms with E-state index in [0.717, 1.165) is 0 Å². The maximum Gasteiger partial charge on any atom is 0.466 e. The van der Waals surface area contributed by atoms with E-state index in [9.17, 15) is 0 Å². The van der Waals surface area contributed by atoms with Crippen LogP contribution in [0.3, 0.4) is 0 Å². The zero-order valence-corrected chi connectivity index (χ0v) is 22.9. The Balaban J connectivity index is -0.000000409. The average Bonchev–Trinajstić information content (AvgIpc) is 2.65. The summed E-state index contributed by atoms with van der Waals surface area (Å²) in [5, 5.41) is 0. The summed E-state index contributed by atoms with van der Waals surface area (Å²) >= 11 is 0. The summed E-state index contributed by atoms with van der Waals surface area (Å²) in [7, 11) is -4.64. The summed E-state index contributed by atoms with van der Waals surface area (Å²) in [4.78, 5) is 21.6. The molecular formula is C23H43NdO4P-2. The van der Waals surface area contributed by atoms with Crippen LogP contribution in [0.2, 0.25) is 0 Å². The van der Waals surface area contributed by atoms with Crippen LogP contribution in [0, 0.1) is 59.7 Å². The molecule has 6 heteroatoms. The van der Waals surface area contributed by atoms with E-state index in [1.807, 2.05) is 12.1 Å². The van der Waals surface area contributed by atoms with Crippen LogP contribution in [0.25, 0.3) is 0 Å². The molecule has 0 aliphatic rings. The molecule has 0 spiro atoms. The van der Waals surface area contributed by atoms with Gasteiger partial charge in [0, 0.05) is 40.8 Å². The smallest absolute Gasteiger partial charge is 0.340 e. The van der Waals surface area contributed by atoms with Crippen molar-refractivity contribution in [3.8, 4) is 0 Å². The van der Waals surface area contributed by atoms with Crippen LogP contribution >= 0.6 is 7.82 Å². The van der Waals surface area contributed by atoms with Gasteiger partial charge in [0.15, 0.2) is 0 Å². The van der Waals surface area contributed by atoms with Gasteiger partial charge >= 0.3 is 7.82 Å². The maximum atomic E-state index is 8.88. The first-order valence-electron chi connectivity index (χ1n) is 10.8. The predicted molar refractivity (Wildman–Crippen MR) is 120 cm³/mol. The Bertz CT molecular complexity index is 457. The van der Waals surface area contributed by atoms with E-state index in [-0.39, 0.29) is 40.8 Å². The largest absolute Gasteiger partial charge is 0.466 e. The summed E-state index contributed by atoms with van der Waals surface area (Å²) < 4.78 is 8.88. The van der Waals surface area contributed by atoms with E-state index >= 15 is 0 Å². The fraction of sp³-hybridized carbons (Fsp3) is 0.696. The monoisotopic (exact) mass is 556 g/mol. The van der Waals surface area contributed by atoms with Gasteiger partial charge in [-0.15, -0.1) is 0 Å². The van der Waals surface area contributed by atoms with Crippen LogP contribution in [0.15, 0.2) is 24.3 Å². The van der Waals surface area contributed by atoms with Gasteiger partial charge in [0.05, 0.1) is 0 Å². The molecule has 0 bridgehead atoms. The molecule has 1 atom stereocenters. The minimum atomic E-state index is -4.64. The van der Waals surface area contributed by atoms with Crippen molar-refractivity contribution in [2.45, 2.75) is 97.8 Å². The van der Waals surface area contributed by atoms with Gasteiger partial charge in [-0.2, -0.15) is 41.8 Å². The first kappa shape index (κ1) is 34.3. The Morgan fingerprint density at radius 1 is 0.897 bits per heavy atom. The van der Waals surface area contributed by atoms with Crippen molar-refractivity contribution in [2.75, 3.05) is 0 Å². The molecule has 4 nitrogen and oxygen atoms in total. The number of hydrogen-bond donors (Lipinski definition) is 3. The molecular weight excluding hydrogens is 515 g/mol. The second kappa shape index (κ2) is 24.9. The zero-order chi connectivity index (χ0) is 21.7. The third-order valence-corrected chi connectivity index (χ3v) is 4.40. The molecule has 29 heavy (non-hydrogen) atoms.